The maximum Gasteiger partial charge on any atom is 0.131 e. The van der Waals surface area contributed by atoms with Gasteiger partial charge in [0.05, 0.1) is 29.1 Å². The first-order valence-corrected chi connectivity index (χ1v) is 7.98. The molecular weight excluding hydrogens is 300 g/mol. The van der Waals surface area contributed by atoms with E-state index in [0.717, 1.165) is 40.1 Å². The molecule has 0 aliphatic carbocycles. The molecule has 4 rings (SSSR count). The van der Waals surface area contributed by atoms with E-state index >= 15 is 0 Å². The van der Waals surface area contributed by atoms with Gasteiger partial charge in [-0.05, 0) is 32.0 Å². The van der Waals surface area contributed by atoms with Gasteiger partial charge in [-0.2, -0.15) is 5.10 Å². The molecule has 0 aliphatic rings. The van der Waals surface area contributed by atoms with Crippen molar-refractivity contribution in [2.45, 2.75) is 26.3 Å². The molecule has 1 atom stereocenters. The maximum atomic E-state index is 4.67. The average Bonchev–Trinajstić information content (AvgIpc) is 3.24. The number of H-pyrrole nitrogens is 1. The predicted octanol–water partition coefficient (Wildman–Crippen LogP) is 3.33. The lowest BCUT2D eigenvalue weighted by Crippen LogP contribution is -2.09. The minimum absolute atomic E-state index is 0.175. The van der Waals surface area contributed by atoms with Gasteiger partial charge in [-0.3, -0.25) is 5.10 Å². The van der Waals surface area contributed by atoms with Gasteiger partial charge in [-0.15, -0.1) is 5.10 Å². The SMILES string of the molecule is Cc1cc(C[C@@H](C)n2cc(-c3ccc4ccccc4n3)nn2)n[nH]1. The molecule has 1 aromatic carbocycles. The number of pyridine rings is 1. The fourth-order valence-corrected chi connectivity index (χ4v) is 2.79. The second-order valence-corrected chi connectivity index (χ2v) is 6.07. The second kappa shape index (κ2) is 5.88. The van der Waals surface area contributed by atoms with Gasteiger partial charge in [0.15, 0.2) is 0 Å². The summed E-state index contributed by atoms with van der Waals surface area (Å²) in [5.74, 6) is 0. The number of hydrogen-bond acceptors (Lipinski definition) is 4. The molecule has 0 bridgehead atoms. The largest absolute Gasteiger partial charge is 0.283 e. The first kappa shape index (κ1) is 14.6. The fourth-order valence-electron chi connectivity index (χ4n) is 2.79. The van der Waals surface area contributed by atoms with Crippen molar-refractivity contribution >= 4 is 10.9 Å². The molecular formula is C18H18N6. The molecule has 0 fully saturated rings. The number of nitrogens with zero attached hydrogens (tertiary/aromatic N) is 5. The average molecular weight is 318 g/mol. The van der Waals surface area contributed by atoms with Gasteiger partial charge >= 0.3 is 0 Å². The molecule has 0 saturated carbocycles. The predicted molar refractivity (Wildman–Crippen MR) is 92.5 cm³/mol. The van der Waals surface area contributed by atoms with Crippen LogP contribution in [0, 0.1) is 6.92 Å². The van der Waals surface area contributed by atoms with Crippen molar-refractivity contribution in [1.82, 2.24) is 30.2 Å². The number of rotatable bonds is 4. The number of para-hydroxylation sites is 1. The van der Waals surface area contributed by atoms with Crippen LogP contribution in [0.3, 0.4) is 0 Å². The summed E-state index contributed by atoms with van der Waals surface area (Å²) in [5, 5.41) is 16.9. The van der Waals surface area contributed by atoms with E-state index in [-0.39, 0.29) is 6.04 Å². The molecule has 0 radical (unpaired) electrons. The lowest BCUT2D eigenvalue weighted by Gasteiger charge is -2.08. The van der Waals surface area contributed by atoms with Gasteiger partial charge in [0.2, 0.25) is 0 Å². The minimum atomic E-state index is 0.175. The molecule has 4 aromatic rings. The van der Waals surface area contributed by atoms with E-state index in [9.17, 15) is 0 Å². The van der Waals surface area contributed by atoms with Crippen LogP contribution in [0.2, 0.25) is 0 Å². The van der Waals surface area contributed by atoms with Gasteiger partial charge in [0, 0.05) is 17.5 Å². The third-order valence-electron chi connectivity index (χ3n) is 4.09. The monoisotopic (exact) mass is 318 g/mol. The van der Waals surface area contributed by atoms with Crippen molar-refractivity contribution in [3.8, 4) is 11.4 Å². The summed E-state index contributed by atoms with van der Waals surface area (Å²) in [6.45, 7) is 4.11. The first-order chi connectivity index (χ1) is 11.7. The number of fused-ring (bicyclic) bond motifs is 1. The highest BCUT2D eigenvalue weighted by atomic mass is 15.4. The van der Waals surface area contributed by atoms with Crippen LogP contribution in [0.4, 0.5) is 0 Å². The van der Waals surface area contributed by atoms with Crippen LogP contribution < -0.4 is 0 Å². The number of nitrogens with one attached hydrogen (secondary N) is 1. The Balaban J connectivity index is 1.58. The summed E-state index contributed by atoms with van der Waals surface area (Å²) in [6.07, 6.45) is 2.75. The molecule has 0 unspecified atom stereocenters. The second-order valence-electron chi connectivity index (χ2n) is 6.07. The zero-order valence-corrected chi connectivity index (χ0v) is 13.6. The maximum absolute atomic E-state index is 4.67. The van der Waals surface area contributed by atoms with E-state index in [1.165, 1.54) is 0 Å². The van der Waals surface area contributed by atoms with Crippen molar-refractivity contribution in [2.24, 2.45) is 0 Å². The number of hydrogen-bond donors (Lipinski definition) is 1. The van der Waals surface area contributed by atoms with Gasteiger partial charge < -0.3 is 0 Å². The highest BCUT2D eigenvalue weighted by Crippen LogP contribution is 2.20. The number of aromatic nitrogens is 6. The van der Waals surface area contributed by atoms with E-state index in [1.807, 2.05) is 42.1 Å². The summed E-state index contributed by atoms with van der Waals surface area (Å²) < 4.78 is 1.87. The molecule has 1 N–H and O–H groups in total. The molecule has 0 aliphatic heterocycles. The van der Waals surface area contributed by atoms with E-state index in [4.69, 9.17) is 0 Å². The van der Waals surface area contributed by atoms with Gasteiger partial charge in [-0.1, -0.05) is 29.5 Å². The van der Waals surface area contributed by atoms with Crippen LogP contribution in [-0.2, 0) is 6.42 Å². The molecule has 6 nitrogen and oxygen atoms in total. The molecule has 3 heterocycles. The van der Waals surface area contributed by atoms with Crippen molar-refractivity contribution in [3.63, 3.8) is 0 Å². The van der Waals surface area contributed by atoms with Crippen LogP contribution in [0.15, 0.2) is 48.7 Å². The van der Waals surface area contributed by atoms with Crippen LogP contribution in [0.25, 0.3) is 22.3 Å². The van der Waals surface area contributed by atoms with E-state index in [2.05, 4.69) is 50.6 Å². The Hall–Kier alpha value is -3.02. The summed E-state index contributed by atoms with van der Waals surface area (Å²) in [5.41, 5.74) is 4.68. The van der Waals surface area contributed by atoms with Gasteiger partial charge in [0.1, 0.15) is 5.69 Å². The zero-order valence-electron chi connectivity index (χ0n) is 13.6. The highest BCUT2D eigenvalue weighted by molar-refractivity contribution is 5.80. The zero-order chi connectivity index (χ0) is 16.5. The number of aryl methyl sites for hydroxylation is 1. The van der Waals surface area contributed by atoms with Crippen molar-refractivity contribution in [1.29, 1.82) is 0 Å². The fraction of sp³-hybridized carbons (Fsp3) is 0.222. The third kappa shape index (κ3) is 2.78. The molecule has 24 heavy (non-hydrogen) atoms. The Bertz CT molecular complexity index is 984. The molecule has 120 valence electrons. The molecule has 0 spiro atoms. The lowest BCUT2D eigenvalue weighted by atomic mass is 10.1. The molecule has 0 amide bonds. The standard InChI is InChI=1S/C18H18N6/c1-12-9-15(21-20-12)10-13(2)24-11-18(22-23-24)17-8-7-14-5-3-4-6-16(14)19-17/h3-9,11,13H,10H2,1-2H3,(H,20,21)/t13-/m1/s1. The minimum Gasteiger partial charge on any atom is -0.283 e. The number of aromatic amines is 1. The third-order valence-corrected chi connectivity index (χ3v) is 4.09. The Morgan fingerprint density at radius 1 is 1.12 bits per heavy atom. The quantitative estimate of drug-likeness (QED) is 0.626. The van der Waals surface area contributed by atoms with E-state index < -0.39 is 0 Å². The van der Waals surface area contributed by atoms with Crippen molar-refractivity contribution < 1.29 is 0 Å². The Morgan fingerprint density at radius 3 is 2.83 bits per heavy atom. The van der Waals surface area contributed by atoms with E-state index in [1.54, 1.807) is 0 Å². The molecule has 0 saturated heterocycles. The van der Waals surface area contributed by atoms with E-state index in [0.29, 0.717) is 0 Å². The smallest absolute Gasteiger partial charge is 0.131 e. The Kier molecular flexibility index (Phi) is 3.57. The Labute approximate surface area is 139 Å². The summed E-state index contributed by atoms with van der Waals surface area (Å²) in [7, 11) is 0. The van der Waals surface area contributed by atoms with Crippen molar-refractivity contribution in [3.05, 3.63) is 60.0 Å². The Morgan fingerprint density at radius 2 is 2.00 bits per heavy atom. The van der Waals surface area contributed by atoms with Crippen LogP contribution >= 0.6 is 0 Å². The normalized spacial score (nSPS) is 12.6. The lowest BCUT2D eigenvalue weighted by molar-refractivity contribution is 0.470. The summed E-state index contributed by atoms with van der Waals surface area (Å²) in [6, 6.07) is 14.3. The molecule has 3 aromatic heterocycles. The summed E-state index contributed by atoms with van der Waals surface area (Å²) >= 11 is 0. The highest BCUT2D eigenvalue weighted by Gasteiger charge is 2.12. The number of benzene rings is 1. The topological polar surface area (TPSA) is 72.3 Å². The van der Waals surface area contributed by atoms with Gasteiger partial charge in [-0.25, -0.2) is 9.67 Å². The first-order valence-electron chi connectivity index (χ1n) is 7.98. The summed E-state index contributed by atoms with van der Waals surface area (Å²) in [4.78, 5) is 4.67. The van der Waals surface area contributed by atoms with Crippen molar-refractivity contribution in [2.75, 3.05) is 0 Å². The molecule has 6 heteroatoms. The van der Waals surface area contributed by atoms with Crippen LogP contribution in [-0.4, -0.2) is 30.2 Å². The van der Waals surface area contributed by atoms with Gasteiger partial charge in [0.25, 0.3) is 0 Å². The van der Waals surface area contributed by atoms with Crippen LogP contribution in [0.1, 0.15) is 24.4 Å². The van der Waals surface area contributed by atoms with Crippen LogP contribution in [0.5, 0.6) is 0 Å².